The van der Waals surface area contributed by atoms with Crippen LogP contribution in [-0.4, -0.2) is 32.0 Å². The van der Waals surface area contributed by atoms with Gasteiger partial charge in [0.05, 0.1) is 10.9 Å². The molecule has 3 aromatic carbocycles. The lowest BCUT2D eigenvalue weighted by atomic mass is 9.90. The molecule has 162 valence electrons. The van der Waals surface area contributed by atoms with Gasteiger partial charge in [0, 0.05) is 22.6 Å². The SMILES string of the molecule is C[C@@H]1[C@@H](OS(=O)(=O)c2ccc(F)cc2)CN1C(c1ccc(Cl)cc1)c1ccc(Cl)cc1. The smallest absolute Gasteiger partial charge is 0.284 e. The number of nitrogens with zero attached hydrogens (tertiary/aromatic N) is 1. The lowest BCUT2D eigenvalue weighted by molar-refractivity contribution is -0.0513. The van der Waals surface area contributed by atoms with E-state index in [1.54, 1.807) is 0 Å². The van der Waals surface area contributed by atoms with Crippen molar-refractivity contribution in [2.45, 2.75) is 30.0 Å². The average Bonchev–Trinajstić information content (AvgIpc) is 2.75. The Bertz CT molecular complexity index is 1110. The van der Waals surface area contributed by atoms with Crippen molar-refractivity contribution in [1.82, 2.24) is 4.90 Å². The minimum Gasteiger partial charge on any atom is -0.284 e. The maximum Gasteiger partial charge on any atom is 0.297 e. The van der Waals surface area contributed by atoms with Gasteiger partial charge in [-0.2, -0.15) is 8.42 Å². The van der Waals surface area contributed by atoms with Gasteiger partial charge < -0.3 is 0 Å². The summed E-state index contributed by atoms with van der Waals surface area (Å²) in [5.41, 5.74) is 2.05. The fourth-order valence-electron chi connectivity index (χ4n) is 3.74. The van der Waals surface area contributed by atoms with Crippen LogP contribution in [0.3, 0.4) is 0 Å². The van der Waals surface area contributed by atoms with E-state index in [0.29, 0.717) is 16.6 Å². The molecule has 1 saturated heterocycles. The number of rotatable bonds is 6. The van der Waals surface area contributed by atoms with Crippen LogP contribution in [0.2, 0.25) is 10.0 Å². The molecule has 0 amide bonds. The van der Waals surface area contributed by atoms with Crippen LogP contribution in [0.25, 0.3) is 0 Å². The number of hydrogen-bond donors (Lipinski definition) is 0. The molecule has 0 radical (unpaired) electrons. The highest BCUT2D eigenvalue weighted by atomic mass is 35.5. The second kappa shape index (κ2) is 8.88. The Labute approximate surface area is 191 Å². The van der Waals surface area contributed by atoms with Crippen molar-refractivity contribution in [3.8, 4) is 0 Å². The average molecular weight is 480 g/mol. The van der Waals surface area contributed by atoms with E-state index in [2.05, 4.69) is 4.90 Å². The Morgan fingerprint density at radius 3 is 1.84 bits per heavy atom. The summed E-state index contributed by atoms with van der Waals surface area (Å²) in [6.45, 7) is 2.34. The van der Waals surface area contributed by atoms with Crippen molar-refractivity contribution in [3.05, 3.63) is 99.8 Å². The first-order chi connectivity index (χ1) is 14.7. The van der Waals surface area contributed by atoms with E-state index in [-0.39, 0.29) is 17.0 Å². The second-order valence-corrected chi connectivity index (χ2v) is 9.93. The van der Waals surface area contributed by atoms with Gasteiger partial charge in [-0.25, -0.2) is 4.39 Å². The maximum atomic E-state index is 13.1. The summed E-state index contributed by atoms with van der Waals surface area (Å²) in [6, 6.07) is 19.5. The Morgan fingerprint density at radius 2 is 1.39 bits per heavy atom. The standard InChI is InChI=1S/C23H20Cl2FNO3S/c1-15-22(30-31(28,29)21-12-10-20(26)11-13-21)14-27(15)23(16-2-6-18(24)7-3-16)17-4-8-19(25)9-5-17/h2-13,15,22-23H,14H2,1H3/t15-,22+/m1/s1. The molecule has 1 fully saturated rings. The third-order valence-electron chi connectivity index (χ3n) is 5.51. The fraction of sp³-hybridized carbons (Fsp3) is 0.217. The summed E-state index contributed by atoms with van der Waals surface area (Å²) in [7, 11) is -3.99. The summed E-state index contributed by atoms with van der Waals surface area (Å²) < 4.78 is 43.8. The molecule has 2 atom stereocenters. The van der Waals surface area contributed by atoms with Crippen molar-refractivity contribution in [2.24, 2.45) is 0 Å². The van der Waals surface area contributed by atoms with E-state index in [9.17, 15) is 12.8 Å². The molecule has 1 aliphatic rings. The predicted octanol–water partition coefficient (Wildman–Crippen LogP) is 5.70. The van der Waals surface area contributed by atoms with Gasteiger partial charge in [0.1, 0.15) is 11.9 Å². The Kier molecular flexibility index (Phi) is 6.37. The first kappa shape index (κ1) is 22.2. The second-order valence-electron chi connectivity index (χ2n) is 7.49. The number of likely N-dealkylation sites (tertiary alicyclic amines) is 1. The highest BCUT2D eigenvalue weighted by molar-refractivity contribution is 7.86. The highest BCUT2D eigenvalue weighted by Crippen LogP contribution is 2.38. The molecule has 0 unspecified atom stereocenters. The third-order valence-corrected chi connectivity index (χ3v) is 7.36. The topological polar surface area (TPSA) is 46.6 Å². The van der Waals surface area contributed by atoms with Gasteiger partial charge in [-0.1, -0.05) is 47.5 Å². The summed E-state index contributed by atoms with van der Waals surface area (Å²) >= 11 is 12.1. The lowest BCUT2D eigenvalue weighted by Crippen LogP contribution is -2.61. The number of hydrogen-bond acceptors (Lipinski definition) is 4. The molecule has 0 saturated carbocycles. The molecule has 1 aliphatic heterocycles. The van der Waals surface area contributed by atoms with Gasteiger partial charge in [0.15, 0.2) is 0 Å². The predicted molar refractivity (Wildman–Crippen MR) is 119 cm³/mol. The molecule has 0 aliphatic carbocycles. The summed E-state index contributed by atoms with van der Waals surface area (Å²) in [5, 5.41) is 1.28. The van der Waals surface area contributed by atoms with Gasteiger partial charge >= 0.3 is 0 Å². The van der Waals surface area contributed by atoms with E-state index >= 15 is 0 Å². The van der Waals surface area contributed by atoms with Gasteiger partial charge in [0.25, 0.3) is 10.1 Å². The van der Waals surface area contributed by atoms with Crippen molar-refractivity contribution in [2.75, 3.05) is 6.54 Å². The fourth-order valence-corrected chi connectivity index (χ4v) is 5.12. The van der Waals surface area contributed by atoms with Crippen molar-refractivity contribution in [3.63, 3.8) is 0 Å². The van der Waals surface area contributed by atoms with E-state index in [1.165, 1.54) is 12.1 Å². The molecular weight excluding hydrogens is 460 g/mol. The molecule has 0 spiro atoms. The van der Waals surface area contributed by atoms with E-state index in [4.69, 9.17) is 27.4 Å². The van der Waals surface area contributed by atoms with Crippen molar-refractivity contribution < 1.29 is 17.0 Å². The molecule has 3 aromatic rings. The molecule has 4 nitrogen and oxygen atoms in total. The molecule has 0 N–H and O–H groups in total. The molecule has 4 rings (SSSR count). The van der Waals surface area contributed by atoms with Crippen LogP contribution in [0.5, 0.6) is 0 Å². The molecule has 8 heteroatoms. The van der Waals surface area contributed by atoms with Gasteiger partial charge in [-0.15, -0.1) is 0 Å². The van der Waals surface area contributed by atoms with Crippen LogP contribution in [-0.2, 0) is 14.3 Å². The minimum absolute atomic E-state index is 0.0634. The van der Waals surface area contributed by atoms with Crippen molar-refractivity contribution in [1.29, 1.82) is 0 Å². The van der Waals surface area contributed by atoms with Crippen LogP contribution >= 0.6 is 23.2 Å². The molecule has 0 bridgehead atoms. The maximum absolute atomic E-state index is 13.1. The largest absolute Gasteiger partial charge is 0.297 e. The monoisotopic (exact) mass is 479 g/mol. The highest BCUT2D eigenvalue weighted by Gasteiger charge is 2.44. The number of benzene rings is 3. The van der Waals surface area contributed by atoms with E-state index in [1.807, 2.05) is 55.5 Å². The molecule has 0 aromatic heterocycles. The van der Waals surface area contributed by atoms with Gasteiger partial charge in [-0.05, 0) is 66.6 Å². The van der Waals surface area contributed by atoms with Crippen LogP contribution in [0, 0.1) is 5.82 Å². The molecule has 31 heavy (non-hydrogen) atoms. The van der Waals surface area contributed by atoms with E-state index < -0.39 is 22.0 Å². The quantitative estimate of drug-likeness (QED) is 0.425. The van der Waals surface area contributed by atoms with Gasteiger partial charge in [0.2, 0.25) is 0 Å². The Balaban J connectivity index is 1.56. The molecule has 1 heterocycles. The van der Waals surface area contributed by atoms with Crippen LogP contribution in [0.15, 0.2) is 77.7 Å². The summed E-state index contributed by atoms with van der Waals surface area (Å²) in [4.78, 5) is 2.10. The Morgan fingerprint density at radius 1 is 0.903 bits per heavy atom. The first-order valence-corrected chi connectivity index (χ1v) is 11.9. The zero-order valence-electron chi connectivity index (χ0n) is 16.6. The first-order valence-electron chi connectivity index (χ1n) is 9.70. The lowest BCUT2D eigenvalue weighted by Gasteiger charge is -2.49. The zero-order chi connectivity index (χ0) is 22.2. The summed E-state index contributed by atoms with van der Waals surface area (Å²) in [6.07, 6.45) is -0.517. The van der Waals surface area contributed by atoms with Crippen LogP contribution < -0.4 is 0 Å². The zero-order valence-corrected chi connectivity index (χ0v) is 18.9. The third kappa shape index (κ3) is 4.78. The van der Waals surface area contributed by atoms with Crippen LogP contribution in [0.4, 0.5) is 4.39 Å². The normalized spacial score (nSPS) is 19.4. The molecular formula is C23H20Cl2FNO3S. The van der Waals surface area contributed by atoms with Crippen molar-refractivity contribution >= 4 is 33.3 Å². The van der Waals surface area contributed by atoms with Crippen LogP contribution in [0.1, 0.15) is 24.1 Å². The summed E-state index contributed by atoms with van der Waals surface area (Å²) in [5.74, 6) is -0.504. The number of halogens is 3. The Hall–Kier alpha value is -1.96. The van der Waals surface area contributed by atoms with Gasteiger partial charge in [-0.3, -0.25) is 9.08 Å². The minimum atomic E-state index is -3.99. The van der Waals surface area contributed by atoms with E-state index in [0.717, 1.165) is 23.3 Å².